The molecule has 4 aromatic rings. The molecule has 2 heterocycles. The number of amidine groups is 1. The topological polar surface area (TPSA) is 190 Å². The number of nitrogens with two attached hydrogens (primary N) is 1. The van der Waals surface area contributed by atoms with Crippen LogP contribution in [-0.2, 0) is 37.3 Å². The van der Waals surface area contributed by atoms with Gasteiger partial charge in [0.15, 0.2) is 0 Å². The minimum atomic E-state index is -0.949. The van der Waals surface area contributed by atoms with Crippen molar-refractivity contribution in [1.82, 2.24) is 14.5 Å². The Balaban J connectivity index is 1.38. The van der Waals surface area contributed by atoms with E-state index in [-0.39, 0.29) is 31.3 Å². The van der Waals surface area contributed by atoms with Gasteiger partial charge in [-0.05, 0) is 67.9 Å². The predicted octanol–water partition coefficient (Wildman–Crippen LogP) is 5.71. The van der Waals surface area contributed by atoms with Gasteiger partial charge in [0.1, 0.15) is 17.5 Å². The number of aromatic nitrogens is 3. The molecule has 3 N–H and O–H groups in total. The molecule has 0 fully saturated rings. The molecule has 2 aromatic heterocycles. The molecule has 0 unspecified atom stereocenters. The number of rotatable bonds is 17. The van der Waals surface area contributed by atoms with Crippen molar-refractivity contribution in [3.05, 3.63) is 83.8 Å². The lowest BCUT2D eigenvalue weighted by Crippen LogP contribution is -2.34. The number of imidazole rings is 1. The number of hydrogen-bond acceptors (Lipinski definition) is 11. The molecule has 4 rings (SSSR count). The van der Waals surface area contributed by atoms with Crippen LogP contribution >= 0.6 is 0 Å². The Morgan fingerprint density at radius 1 is 0.922 bits per heavy atom. The van der Waals surface area contributed by atoms with Crippen molar-refractivity contribution in [2.75, 3.05) is 36.8 Å². The second kappa shape index (κ2) is 19.3. The van der Waals surface area contributed by atoms with Crippen molar-refractivity contribution in [3.8, 4) is 0 Å². The Morgan fingerprint density at radius 2 is 1.71 bits per heavy atom. The van der Waals surface area contributed by atoms with Crippen LogP contribution < -0.4 is 16.0 Å². The summed E-state index contributed by atoms with van der Waals surface area (Å²) >= 11 is 0. The predicted molar refractivity (Wildman–Crippen MR) is 190 cm³/mol. The van der Waals surface area contributed by atoms with Gasteiger partial charge >= 0.3 is 18.2 Å². The van der Waals surface area contributed by atoms with E-state index in [1.807, 2.05) is 29.8 Å². The SMILES string of the molecule is CCCCCCOC(=O)/N=C(/N)c1ccc(NCc2nc3cc(C(=O)N(CCC(=O)OCOC(=O)OCC)c4ccccn4)ccc3n2C)cc1. The van der Waals surface area contributed by atoms with E-state index in [9.17, 15) is 19.2 Å². The largest absolute Gasteiger partial charge is 0.511 e. The normalized spacial score (nSPS) is 11.2. The van der Waals surface area contributed by atoms with E-state index in [0.717, 1.165) is 42.7 Å². The molecule has 15 heteroatoms. The number of carbonyl (C=O) groups is 4. The summed E-state index contributed by atoms with van der Waals surface area (Å²) in [5.41, 5.74) is 9.17. The van der Waals surface area contributed by atoms with E-state index in [1.54, 1.807) is 55.6 Å². The second-order valence-corrected chi connectivity index (χ2v) is 11.2. The van der Waals surface area contributed by atoms with Crippen LogP contribution in [-0.4, -0.2) is 71.0 Å². The Morgan fingerprint density at radius 3 is 2.43 bits per heavy atom. The van der Waals surface area contributed by atoms with Crippen molar-refractivity contribution < 1.29 is 38.1 Å². The van der Waals surface area contributed by atoms with Crippen LogP contribution in [0.4, 0.5) is 21.1 Å². The molecule has 270 valence electrons. The molecule has 0 spiro atoms. The molecule has 0 radical (unpaired) electrons. The lowest BCUT2D eigenvalue weighted by Gasteiger charge is -2.21. The summed E-state index contributed by atoms with van der Waals surface area (Å²) < 4.78 is 21.3. The molecular formula is C36H43N7O8. The highest BCUT2D eigenvalue weighted by atomic mass is 16.8. The summed E-state index contributed by atoms with van der Waals surface area (Å²) in [5.74, 6) is 0.0732. The third-order valence-electron chi connectivity index (χ3n) is 7.66. The molecule has 0 saturated heterocycles. The average Bonchev–Trinajstić information content (AvgIpc) is 3.45. The zero-order chi connectivity index (χ0) is 36.6. The molecule has 51 heavy (non-hydrogen) atoms. The Kier molecular flexibility index (Phi) is 14.3. The first-order valence-corrected chi connectivity index (χ1v) is 16.7. The minimum absolute atomic E-state index is 0.0387. The fraction of sp³-hybridized carbons (Fsp3) is 0.361. The fourth-order valence-corrected chi connectivity index (χ4v) is 4.93. The average molecular weight is 702 g/mol. The van der Waals surface area contributed by atoms with E-state index in [0.29, 0.717) is 35.6 Å². The second-order valence-electron chi connectivity index (χ2n) is 11.2. The molecular weight excluding hydrogens is 658 g/mol. The molecule has 2 amide bonds. The quantitative estimate of drug-likeness (QED) is 0.0341. The molecule has 0 aliphatic rings. The lowest BCUT2D eigenvalue weighted by molar-refractivity contribution is -0.153. The monoisotopic (exact) mass is 701 g/mol. The van der Waals surface area contributed by atoms with E-state index in [4.69, 9.17) is 20.2 Å². The van der Waals surface area contributed by atoms with Crippen LogP contribution in [0, 0.1) is 0 Å². The Bertz CT molecular complexity index is 1810. The van der Waals surface area contributed by atoms with Gasteiger partial charge in [-0.3, -0.25) is 14.5 Å². The van der Waals surface area contributed by atoms with Gasteiger partial charge in [0, 0.05) is 36.6 Å². The van der Waals surface area contributed by atoms with Gasteiger partial charge in [-0.25, -0.2) is 19.6 Å². The van der Waals surface area contributed by atoms with E-state index >= 15 is 0 Å². The van der Waals surface area contributed by atoms with Gasteiger partial charge in [-0.1, -0.05) is 32.3 Å². The van der Waals surface area contributed by atoms with Crippen LogP contribution in [0.3, 0.4) is 0 Å². The van der Waals surface area contributed by atoms with Gasteiger partial charge in [0.25, 0.3) is 5.91 Å². The number of pyridine rings is 1. The number of unbranched alkanes of at least 4 members (excludes halogenated alkanes) is 3. The summed E-state index contributed by atoms with van der Waals surface area (Å²) in [5, 5.41) is 3.33. The van der Waals surface area contributed by atoms with Crippen LogP contribution in [0.25, 0.3) is 11.0 Å². The number of ether oxygens (including phenoxy) is 4. The number of hydrogen-bond donors (Lipinski definition) is 2. The molecule has 0 atom stereocenters. The Labute approximate surface area is 295 Å². The first-order chi connectivity index (χ1) is 24.7. The number of carbonyl (C=O) groups excluding carboxylic acids is 4. The number of aryl methyl sites for hydroxylation is 1. The number of anilines is 2. The maximum Gasteiger partial charge on any atom is 0.511 e. The van der Waals surface area contributed by atoms with E-state index in [2.05, 4.69) is 31.7 Å². The molecule has 15 nitrogen and oxygen atoms in total. The van der Waals surface area contributed by atoms with Crippen molar-refractivity contribution >= 4 is 52.5 Å². The molecule has 0 aliphatic carbocycles. The summed E-state index contributed by atoms with van der Waals surface area (Å²) in [6.45, 7) is 3.91. The van der Waals surface area contributed by atoms with Gasteiger partial charge in [-0.15, -0.1) is 0 Å². The molecule has 0 saturated carbocycles. The van der Waals surface area contributed by atoms with Gasteiger partial charge in [-0.2, -0.15) is 4.99 Å². The summed E-state index contributed by atoms with van der Waals surface area (Å²) in [4.78, 5) is 63.7. The number of aliphatic imine (C=N–C) groups is 1. The number of amides is 2. The van der Waals surface area contributed by atoms with Crippen molar-refractivity contribution in [2.24, 2.45) is 17.8 Å². The highest BCUT2D eigenvalue weighted by Gasteiger charge is 2.22. The standard InChI is InChI=1S/C36H43N7O8/c1-4-6-7-10-21-49-35(46)41-33(37)25-12-15-27(16-13-25)39-23-31-40-28-22-26(14-17-29(28)42(31)3)34(45)43(30-11-8-9-19-38-30)20-18-32(44)50-24-51-36(47)48-5-2/h8-9,11-17,19,22,39H,4-7,10,18,20-21,23-24H2,1-3H3,(H2,37,41,46). The number of fused-ring (bicyclic) bond motifs is 1. The summed E-state index contributed by atoms with van der Waals surface area (Å²) in [6, 6.07) is 17.5. The summed E-state index contributed by atoms with van der Waals surface area (Å²) in [7, 11) is 1.88. The molecule has 0 bridgehead atoms. The third-order valence-corrected chi connectivity index (χ3v) is 7.66. The van der Waals surface area contributed by atoms with Crippen LogP contribution in [0.2, 0.25) is 0 Å². The van der Waals surface area contributed by atoms with Crippen molar-refractivity contribution in [3.63, 3.8) is 0 Å². The van der Waals surface area contributed by atoms with Gasteiger partial charge < -0.3 is 34.6 Å². The van der Waals surface area contributed by atoms with Gasteiger partial charge in [0.05, 0.1) is 37.2 Å². The zero-order valence-electron chi connectivity index (χ0n) is 29.0. The maximum atomic E-state index is 13.8. The van der Waals surface area contributed by atoms with E-state index < -0.39 is 25.0 Å². The number of esters is 1. The smallest absolute Gasteiger partial charge is 0.448 e. The number of nitrogens with zero attached hydrogens (tertiary/aromatic N) is 5. The highest BCUT2D eigenvalue weighted by molar-refractivity contribution is 6.07. The first kappa shape index (κ1) is 37.8. The fourth-order valence-electron chi connectivity index (χ4n) is 4.93. The van der Waals surface area contributed by atoms with Crippen molar-refractivity contribution in [1.29, 1.82) is 0 Å². The Hall–Kier alpha value is -5.99. The molecule has 0 aliphatic heterocycles. The lowest BCUT2D eigenvalue weighted by atomic mass is 10.1. The summed E-state index contributed by atoms with van der Waals surface area (Å²) in [6.07, 6.45) is 3.70. The number of benzene rings is 2. The maximum absolute atomic E-state index is 13.8. The third kappa shape index (κ3) is 11.3. The van der Waals surface area contributed by atoms with E-state index in [1.165, 1.54) is 4.90 Å². The number of nitrogens with one attached hydrogen (secondary N) is 1. The first-order valence-electron chi connectivity index (χ1n) is 16.7. The van der Waals surface area contributed by atoms with Gasteiger partial charge in [0.2, 0.25) is 6.79 Å². The van der Waals surface area contributed by atoms with Crippen molar-refractivity contribution in [2.45, 2.75) is 52.5 Å². The van der Waals surface area contributed by atoms with Crippen LogP contribution in [0.1, 0.15) is 67.7 Å². The highest BCUT2D eigenvalue weighted by Crippen LogP contribution is 2.21. The zero-order valence-corrected chi connectivity index (χ0v) is 29.0. The minimum Gasteiger partial charge on any atom is -0.448 e. The van der Waals surface area contributed by atoms with Crippen LogP contribution in [0.5, 0.6) is 0 Å². The molecule has 2 aromatic carbocycles. The van der Waals surface area contributed by atoms with Crippen LogP contribution in [0.15, 0.2) is 71.9 Å².